The van der Waals surface area contributed by atoms with Crippen molar-refractivity contribution in [3.05, 3.63) is 42.5 Å². The minimum Gasteiger partial charge on any atom is -0.491 e. The smallest absolute Gasteiger partial charge is 0.137 e. The van der Waals surface area contributed by atoms with Gasteiger partial charge in [0.1, 0.15) is 18.4 Å². The van der Waals surface area contributed by atoms with Crippen molar-refractivity contribution in [1.82, 2.24) is 14.8 Å². The third kappa shape index (κ3) is 3.30. The van der Waals surface area contributed by atoms with Crippen molar-refractivity contribution >= 4 is 0 Å². The third-order valence-corrected chi connectivity index (χ3v) is 2.53. The van der Waals surface area contributed by atoms with Gasteiger partial charge in [-0.25, -0.2) is 4.98 Å². The largest absolute Gasteiger partial charge is 0.491 e. The van der Waals surface area contributed by atoms with E-state index >= 15 is 0 Å². The summed E-state index contributed by atoms with van der Waals surface area (Å²) in [5.41, 5.74) is 7.17. The molecular formula is C13H18N4O. The van der Waals surface area contributed by atoms with Crippen LogP contribution in [0.4, 0.5) is 0 Å². The van der Waals surface area contributed by atoms with Gasteiger partial charge in [-0.1, -0.05) is 12.1 Å². The Kier molecular flexibility index (Phi) is 3.94. The van der Waals surface area contributed by atoms with Crippen LogP contribution in [-0.4, -0.2) is 20.9 Å². The molecule has 96 valence electrons. The molecule has 5 heteroatoms. The van der Waals surface area contributed by atoms with E-state index in [2.05, 4.69) is 10.1 Å². The fourth-order valence-electron chi connectivity index (χ4n) is 1.70. The molecule has 1 aromatic heterocycles. The predicted octanol–water partition coefficient (Wildman–Crippen LogP) is 1.77. The minimum atomic E-state index is -0.0974. The van der Waals surface area contributed by atoms with Crippen LogP contribution in [0.1, 0.15) is 25.5 Å². The van der Waals surface area contributed by atoms with Crippen molar-refractivity contribution in [2.24, 2.45) is 5.73 Å². The van der Waals surface area contributed by atoms with Crippen LogP contribution in [0.25, 0.3) is 0 Å². The molecule has 1 atom stereocenters. The second-order valence-corrected chi connectivity index (χ2v) is 4.46. The summed E-state index contributed by atoms with van der Waals surface area (Å²) in [6.45, 7) is 4.62. The van der Waals surface area contributed by atoms with E-state index in [0.29, 0.717) is 6.54 Å². The van der Waals surface area contributed by atoms with Crippen molar-refractivity contribution in [2.75, 3.05) is 0 Å². The number of aromatic nitrogens is 3. The highest BCUT2D eigenvalue weighted by Crippen LogP contribution is 2.18. The van der Waals surface area contributed by atoms with E-state index in [1.165, 1.54) is 6.33 Å². The molecular weight excluding hydrogens is 228 g/mol. The van der Waals surface area contributed by atoms with E-state index in [0.717, 1.165) is 11.3 Å². The Balaban J connectivity index is 2.00. The molecule has 1 heterocycles. The molecule has 0 spiro atoms. The molecule has 0 fully saturated rings. The van der Waals surface area contributed by atoms with Crippen molar-refractivity contribution in [3.8, 4) is 5.75 Å². The lowest BCUT2D eigenvalue weighted by molar-refractivity contribution is 0.242. The van der Waals surface area contributed by atoms with Gasteiger partial charge in [0.15, 0.2) is 0 Å². The van der Waals surface area contributed by atoms with E-state index in [9.17, 15) is 0 Å². The fraction of sp³-hybridized carbons (Fsp3) is 0.385. The average molecular weight is 246 g/mol. The normalized spacial score (nSPS) is 12.7. The van der Waals surface area contributed by atoms with Crippen LogP contribution in [-0.2, 0) is 6.54 Å². The lowest BCUT2D eigenvalue weighted by Gasteiger charge is -2.14. The summed E-state index contributed by atoms with van der Waals surface area (Å²) < 4.78 is 7.31. The SMILES string of the molecule is CC(C)Oc1ccc(C(N)Cn2cncn2)cc1. The van der Waals surface area contributed by atoms with E-state index < -0.39 is 0 Å². The van der Waals surface area contributed by atoms with Crippen LogP contribution < -0.4 is 10.5 Å². The summed E-state index contributed by atoms with van der Waals surface area (Å²) in [5, 5.41) is 4.04. The van der Waals surface area contributed by atoms with E-state index in [4.69, 9.17) is 10.5 Å². The topological polar surface area (TPSA) is 66.0 Å². The van der Waals surface area contributed by atoms with Gasteiger partial charge in [0, 0.05) is 6.04 Å². The maximum absolute atomic E-state index is 6.11. The van der Waals surface area contributed by atoms with Crippen molar-refractivity contribution in [2.45, 2.75) is 32.5 Å². The summed E-state index contributed by atoms with van der Waals surface area (Å²) in [5.74, 6) is 0.863. The standard InChI is InChI=1S/C13H18N4O/c1-10(2)18-12-5-3-11(4-6-12)13(14)7-17-9-15-8-16-17/h3-6,8-10,13H,7,14H2,1-2H3. The minimum absolute atomic E-state index is 0.0974. The van der Waals surface area contributed by atoms with Crippen LogP contribution in [0.2, 0.25) is 0 Å². The molecule has 0 saturated carbocycles. The van der Waals surface area contributed by atoms with Gasteiger partial charge < -0.3 is 10.5 Å². The number of ether oxygens (including phenoxy) is 1. The first kappa shape index (κ1) is 12.6. The van der Waals surface area contributed by atoms with Crippen LogP contribution in [0.5, 0.6) is 5.75 Å². The monoisotopic (exact) mass is 246 g/mol. The molecule has 0 radical (unpaired) electrons. The molecule has 0 bridgehead atoms. The van der Waals surface area contributed by atoms with Crippen molar-refractivity contribution < 1.29 is 4.74 Å². The molecule has 0 amide bonds. The Morgan fingerprint density at radius 2 is 2.00 bits per heavy atom. The highest BCUT2D eigenvalue weighted by atomic mass is 16.5. The van der Waals surface area contributed by atoms with Gasteiger partial charge >= 0.3 is 0 Å². The van der Waals surface area contributed by atoms with E-state index in [-0.39, 0.29) is 12.1 Å². The number of nitrogens with zero attached hydrogens (tertiary/aromatic N) is 3. The molecule has 18 heavy (non-hydrogen) atoms. The fourth-order valence-corrected chi connectivity index (χ4v) is 1.70. The summed E-state index contributed by atoms with van der Waals surface area (Å²) >= 11 is 0. The molecule has 0 aliphatic carbocycles. The molecule has 0 aliphatic heterocycles. The van der Waals surface area contributed by atoms with Gasteiger partial charge in [-0.2, -0.15) is 5.10 Å². The first-order valence-corrected chi connectivity index (χ1v) is 6.00. The maximum Gasteiger partial charge on any atom is 0.137 e. The molecule has 2 N–H and O–H groups in total. The van der Waals surface area contributed by atoms with Crippen LogP contribution in [0.3, 0.4) is 0 Å². The molecule has 2 rings (SSSR count). The highest BCUT2D eigenvalue weighted by Gasteiger charge is 2.07. The summed E-state index contributed by atoms with van der Waals surface area (Å²) in [6.07, 6.45) is 3.35. The number of hydrogen-bond donors (Lipinski definition) is 1. The van der Waals surface area contributed by atoms with Crippen LogP contribution in [0.15, 0.2) is 36.9 Å². The molecule has 1 aromatic carbocycles. The van der Waals surface area contributed by atoms with Crippen LogP contribution in [0, 0.1) is 0 Å². The zero-order chi connectivity index (χ0) is 13.0. The molecule has 0 saturated heterocycles. The Labute approximate surface area is 107 Å². The number of nitrogens with two attached hydrogens (primary N) is 1. The van der Waals surface area contributed by atoms with E-state index in [1.54, 1.807) is 11.0 Å². The van der Waals surface area contributed by atoms with Crippen molar-refractivity contribution in [1.29, 1.82) is 0 Å². The number of rotatable bonds is 5. The summed E-state index contributed by atoms with van der Waals surface area (Å²) in [6, 6.07) is 7.76. The van der Waals surface area contributed by atoms with Gasteiger partial charge in [0.25, 0.3) is 0 Å². The summed E-state index contributed by atoms with van der Waals surface area (Å²) in [7, 11) is 0. The second kappa shape index (κ2) is 5.64. The number of benzene rings is 1. The van der Waals surface area contributed by atoms with E-state index in [1.807, 2.05) is 38.1 Å². The number of hydrogen-bond acceptors (Lipinski definition) is 4. The quantitative estimate of drug-likeness (QED) is 0.873. The van der Waals surface area contributed by atoms with Gasteiger partial charge in [0.2, 0.25) is 0 Å². The van der Waals surface area contributed by atoms with Gasteiger partial charge in [-0.3, -0.25) is 4.68 Å². The zero-order valence-corrected chi connectivity index (χ0v) is 10.7. The molecule has 2 aromatic rings. The average Bonchev–Trinajstić information content (AvgIpc) is 2.82. The lowest BCUT2D eigenvalue weighted by Crippen LogP contribution is -2.18. The Morgan fingerprint density at radius 1 is 1.28 bits per heavy atom. The Hall–Kier alpha value is -1.88. The van der Waals surface area contributed by atoms with Gasteiger partial charge in [-0.15, -0.1) is 0 Å². The first-order chi connectivity index (χ1) is 8.65. The Morgan fingerprint density at radius 3 is 2.56 bits per heavy atom. The lowest BCUT2D eigenvalue weighted by atomic mass is 10.1. The zero-order valence-electron chi connectivity index (χ0n) is 10.7. The maximum atomic E-state index is 6.11. The van der Waals surface area contributed by atoms with Crippen molar-refractivity contribution in [3.63, 3.8) is 0 Å². The molecule has 5 nitrogen and oxygen atoms in total. The molecule has 1 unspecified atom stereocenters. The summed E-state index contributed by atoms with van der Waals surface area (Å²) in [4.78, 5) is 3.89. The molecule has 0 aliphatic rings. The van der Waals surface area contributed by atoms with Gasteiger partial charge in [-0.05, 0) is 31.5 Å². The van der Waals surface area contributed by atoms with Gasteiger partial charge in [0.05, 0.1) is 12.6 Å². The Bertz CT molecular complexity index is 464. The first-order valence-electron chi connectivity index (χ1n) is 6.00. The highest BCUT2D eigenvalue weighted by molar-refractivity contribution is 5.29. The third-order valence-electron chi connectivity index (χ3n) is 2.53. The van der Waals surface area contributed by atoms with Crippen LogP contribution >= 0.6 is 0 Å². The predicted molar refractivity (Wildman–Crippen MR) is 69.2 cm³/mol. The second-order valence-electron chi connectivity index (χ2n) is 4.46.